The minimum Gasteiger partial charge on any atom is -0.121 e. The largest absolute Gasteiger partial charge is 0.121 e. The van der Waals surface area contributed by atoms with Gasteiger partial charge in [-0.3, -0.25) is 0 Å². The molecule has 0 spiro atoms. The molecule has 0 fully saturated rings. The molecule has 0 amide bonds. The molecule has 0 nitrogen and oxygen atoms in total. The quantitative estimate of drug-likeness (QED) is 0.453. The number of allylic oxidation sites excluding steroid dienone is 2. The van der Waals surface area contributed by atoms with Crippen molar-refractivity contribution >= 4 is 17.3 Å². The molecule has 2 rings (SSSR count). The molecule has 0 aromatic heterocycles. The van der Waals surface area contributed by atoms with Crippen LogP contribution in [-0.4, -0.2) is 5.75 Å². The summed E-state index contributed by atoms with van der Waals surface area (Å²) < 4.78 is 0. The van der Waals surface area contributed by atoms with Crippen molar-refractivity contribution in [1.82, 2.24) is 0 Å². The van der Waals surface area contributed by atoms with Gasteiger partial charge < -0.3 is 0 Å². The van der Waals surface area contributed by atoms with E-state index < -0.39 is 0 Å². The number of unbranched alkanes of at least 4 members (excludes halogenated alkanes) is 3. The third-order valence-electron chi connectivity index (χ3n) is 3.86. The molecule has 21 heavy (non-hydrogen) atoms. The lowest BCUT2D eigenvalue weighted by Gasteiger charge is -2.21. The predicted molar refractivity (Wildman–Crippen MR) is 95.6 cm³/mol. The molecule has 1 heteroatoms. The van der Waals surface area contributed by atoms with Crippen LogP contribution in [-0.2, 0) is 0 Å². The summed E-state index contributed by atoms with van der Waals surface area (Å²) in [6.45, 7) is 8.19. The molecule has 110 valence electrons. The standard InChI is InChI=1S/C20H24S/c1-4-7-8-9-11-17-15-21-20-14-16(10-5-2)12-13-19(20)18(17)6-3/h6,12-14H,3-4,7-9,11,15H2,1-2H3. The van der Waals surface area contributed by atoms with Crippen LogP contribution in [0.4, 0.5) is 0 Å². The Morgan fingerprint density at radius 2 is 2.14 bits per heavy atom. The van der Waals surface area contributed by atoms with Crippen LogP contribution in [0.1, 0.15) is 57.1 Å². The van der Waals surface area contributed by atoms with Gasteiger partial charge in [0.2, 0.25) is 0 Å². The van der Waals surface area contributed by atoms with Gasteiger partial charge >= 0.3 is 0 Å². The number of hydrogen-bond acceptors (Lipinski definition) is 1. The summed E-state index contributed by atoms with van der Waals surface area (Å²) in [5, 5.41) is 0. The van der Waals surface area contributed by atoms with Crippen molar-refractivity contribution in [2.45, 2.75) is 50.8 Å². The van der Waals surface area contributed by atoms with Crippen LogP contribution in [0.3, 0.4) is 0 Å². The molecule has 0 radical (unpaired) electrons. The van der Waals surface area contributed by atoms with E-state index in [1.165, 1.54) is 48.1 Å². The van der Waals surface area contributed by atoms with Gasteiger partial charge in [-0.25, -0.2) is 0 Å². The number of thioether (sulfide) groups is 1. The van der Waals surface area contributed by atoms with E-state index in [4.69, 9.17) is 0 Å². The second kappa shape index (κ2) is 8.15. The molecule has 0 atom stereocenters. The predicted octanol–water partition coefficient (Wildman–Crippen LogP) is 6.07. The Kier molecular flexibility index (Phi) is 6.21. The van der Waals surface area contributed by atoms with E-state index in [2.05, 4.69) is 43.5 Å². The zero-order valence-electron chi connectivity index (χ0n) is 13.2. The van der Waals surface area contributed by atoms with E-state index >= 15 is 0 Å². The van der Waals surface area contributed by atoms with Crippen LogP contribution >= 0.6 is 11.8 Å². The van der Waals surface area contributed by atoms with E-state index in [0.29, 0.717) is 0 Å². The van der Waals surface area contributed by atoms with Crippen molar-refractivity contribution in [3.05, 3.63) is 47.6 Å². The van der Waals surface area contributed by atoms with Gasteiger partial charge in [0.05, 0.1) is 0 Å². The number of fused-ring (bicyclic) bond motifs is 1. The summed E-state index contributed by atoms with van der Waals surface area (Å²) in [5.41, 5.74) is 5.37. The molecule has 0 bridgehead atoms. The Hall–Kier alpha value is -1.39. The SMILES string of the molecule is C=CC1=C(CCCCCC)CSc2cc(C#CC)ccc21. The fourth-order valence-corrected chi connectivity index (χ4v) is 3.92. The Morgan fingerprint density at radius 3 is 2.86 bits per heavy atom. The molecular weight excluding hydrogens is 272 g/mol. The van der Waals surface area contributed by atoms with Crippen LogP contribution in [0.25, 0.3) is 5.57 Å². The van der Waals surface area contributed by atoms with Crippen molar-refractivity contribution in [2.75, 3.05) is 5.75 Å². The van der Waals surface area contributed by atoms with Crippen LogP contribution in [0.5, 0.6) is 0 Å². The summed E-state index contributed by atoms with van der Waals surface area (Å²) in [5.74, 6) is 7.22. The third-order valence-corrected chi connectivity index (χ3v) is 5.00. The second-order valence-electron chi connectivity index (χ2n) is 5.41. The summed E-state index contributed by atoms with van der Waals surface area (Å²) in [6, 6.07) is 6.55. The molecule has 1 aromatic rings. The zero-order valence-corrected chi connectivity index (χ0v) is 14.0. The fraction of sp³-hybridized carbons (Fsp3) is 0.400. The molecule has 0 aliphatic carbocycles. The number of hydrogen-bond donors (Lipinski definition) is 0. The van der Waals surface area contributed by atoms with Gasteiger partial charge in [0.25, 0.3) is 0 Å². The molecule has 0 saturated heterocycles. The fourth-order valence-electron chi connectivity index (χ4n) is 2.75. The first-order chi connectivity index (χ1) is 10.3. The highest BCUT2D eigenvalue weighted by Crippen LogP contribution is 2.39. The Labute approximate surface area is 133 Å². The van der Waals surface area contributed by atoms with E-state index in [0.717, 1.165) is 11.3 Å². The first-order valence-corrected chi connectivity index (χ1v) is 8.83. The molecule has 0 N–H and O–H groups in total. The normalized spacial score (nSPS) is 13.4. The summed E-state index contributed by atoms with van der Waals surface area (Å²) in [7, 11) is 0. The number of rotatable bonds is 6. The van der Waals surface area contributed by atoms with Gasteiger partial charge in [0, 0.05) is 16.2 Å². The van der Waals surface area contributed by atoms with Gasteiger partial charge in [-0.2, -0.15) is 0 Å². The van der Waals surface area contributed by atoms with Gasteiger partial charge in [0.15, 0.2) is 0 Å². The second-order valence-corrected chi connectivity index (χ2v) is 6.42. The maximum Gasteiger partial charge on any atom is 0.0256 e. The van der Waals surface area contributed by atoms with Crippen LogP contribution < -0.4 is 0 Å². The van der Waals surface area contributed by atoms with E-state index in [1.54, 1.807) is 5.57 Å². The van der Waals surface area contributed by atoms with E-state index in [-0.39, 0.29) is 0 Å². The summed E-state index contributed by atoms with van der Waals surface area (Å²) in [4.78, 5) is 1.35. The lowest BCUT2D eigenvalue weighted by molar-refractivity contribution is 0.665. The monoisotopic (exact) mass is 296 g/mol. The van der Waals surface area contributed by atoms with Crippen LogP contribution in [0, 0.1) is 11.8 Å². The lowest BCUT2D eigenvalue weighted by atomic mass is 9.95. The summed E-state index contributed by atoms with van der Waals surface area (Å²) in [6.07, 6.45) is 8.54. The third kappa shape index (κ3) is 4.05. The summed E-state index contributed by atoms with van der Waals surface area (Å²) >= 11 is 1.95. The highest BCUT2D eigenvalue weighted by molar-refractivity contribution is 7.99. The highest BCUT2D eigenvalue weighted by Gasteiger charge is 2.17. The minimum atomic E-state index is 1.10. The van der Waals surface area contributed by atoms with Gasteiger partial charge in [-0.05, 0) is 43.0 Å². The van der Waals surface area contributed by atoms with Crippen molar-refractivity contribution in [2.24, 2.45) is 0 Å². The highest BCUT2D eigenvalue weighted by atomic mass is 32.2. The first kappa shape index (κ1) is 16.0. The Bertz CT molecular complexity index is 596. The van der Waals surface area contributed by atoms with E-state index in [9.17, 15) is 0 Å². The molecule has 0 unspecified atom stereocenters. The lowest BCUT2D eigenvalue weighted by Crippen LogP contribution is -2.02. The minimum absolute atomic E-state index is 1.10. The van der Waals surface area contributed by atoms with Crippen LogP contribution in [0.15, 0.2) is 41.3 Å². The maximum absolute atomic E-state index is 4.04. The topological polar surface area (TPSA) is 0 Å². The zero-order chi connectivity index (χ0) is 15.1. The van der Waals surface area contributed by atoms with Gasteiger partial charge in [0.1, 0.15) is 0 Å². The maximum atomic E-state index is 4.04. The van der Waals surface area contributed by atoms with Crippen molar-refractivity contribution < 1.29 is 0 Å². The Balaban J connectivity index is 2.21. The first-order valence-electron chi connectivity index (χ1n) is 7.84. The average molecular weight is 296 g/mol. The van der Waals surface area contributed by atoms with Gasteiger partial charge in [-0.1, -0.05) is 56.4 Å². The molecule has 1 aliphatic heterocycles. The molecule has 1 aromatic carbocycles. The number of benzene rings is 1. The van der Waals surface area contributed by atoms with Crippen molar-refractivity contribution in [3.8, 4) is 11.8 Å². The van der Waals surface area contributed by atoms with Gasteiger partial charge in [-0.15, -0.1) is 17.7 Å². The molecular formula is C20H24S. The smallest absolute Gasteiger partial charge is 0.0256 e. The van der Waals surface area contributed by atoms with Crippen molar-refractivity contribution in [3.63, 3.8) is 0 Å². The van der Waals surface area contributed by atoms with Crippen LogP contribution in [0.2, 0.25) is 0 Å². The molecule has 1 heterocycles. The van der Waals surface area contributed by atoms with Crippen molar-refractivity contribution in [1.29, 1.82) is 0 Å². The molecule has 1 aliphatic rings. The average Bonchev–Trinajstić information content (AvgIpc) is 2.51. The Morgan fingerprint density at radius 1 is 1.29 bits per heavy atom. The molecule has 0 saturated carbocycles. The van der Waals surface area contributed by atoms with E-state index in [1.807, 2.05) is 24.8 Å².